The zero-order valence-corrected chi connectivity index (χ0v) is 17.6. The van der Waals surface area contributed by atoms with Crippen LogP contribution in [-0.2, 0) is 9.59 Å². The van der Waals surface area contributed by atoms with Crippen LogP contribution in [0.1, 0.15) is 28.8 Å². The van der Waals surface area contributed by atoms with E-state index in [0.717, 1.165) is 18.4 Å². The minimum absolute atomic E-state index is 0.000263. The normalized spacial score (nSPS) is 12.7. The molecule has 0 bridgehead atoms. The first-order chi connectivity index (χ1) is 15.0. The molecule has 9 heteroatoms. The van der Waals surface area contributed by atoms with Crippen molar-refractivity contribution in [3.8, 4) is 5.75 Å². The molecule has 0 heterocycles. The number of methoxy groups -OCH3 is 1. The quantitative estimate of drug-likeness (QED) is 0.313. The van der Waals surface area contributed by atoms with Gasteiger partial charge in [0.15, 0.2) is 5.11 Å². The molecular formula is C22H22N4O4S. The Morgan fingerprint density at radius 1 is 1.03 bits per heavy atom. The van der Waals surface area contributed by atoms with Crippen LogP contribution in [0.4, 0.5) is 5.69 Å². The lowest BCUT2D eigenvalue weighted by Gasteiger charge is -2.10. The standard InChI is InChI=1S/C22H22N4O4S/c1-30-18-5-3-2-4-14(18)10-13-19(27)24-22(31)26-25-21(29)16-8-11-17(12-9-16)23-20(28)15-6-7-15/h2-5,8-13,15H,6-7H2,1H3,(H,23,28)(H,25,29)(H2,24,26,27,31). The molecule has 4 N–H and O–H groups in total. The van der Waals surface area contributed by atoms with Gasteiger partial charge in [-0.3, -0.25) is 30.6 Å². The van der Waals surface area contributed by atoms with Crippen molar-refractivity contribution in [3.63, 3.8) is 0 Å². The number of rotatable bonds is 6. The second-order valence-electron chi connectivity index (χ2n) is 6.81. The molecular weight excluding hydrogens is 416 g/mol. The topological polar surface area (TPSA) is 109 Å². The lowest BCUT2D eigenvalue weighted by atomic mass is 10.2. The lowest BCUT2D eigenvalue weighted by molar-refractivity contribution is -0.117. The Bertz CT molecular complexity index is 1020. The van der Waals surface area contributed by atoms with Crippen molar-refractivity contribution >= 4 is 46.8 Å². The van der Waals surface area contributed by atoms with Gasteiger partial charge in [-0.25, -0.2) is 0 Å². The summed E-state index contributed by atoms with van der Waals surface area (Å²) in [5, 5.41) is 5.18. The number of nitrogens with one attached hydrogen (secondary N) is 4. The Labute approximate surface area is 185 Å². The van der Waals surface area contributed by atoms with Gasteiger partial charge in [0.1, 0.15) is 5.75 Å². The second kappa shape index (κ2) is 10.4. The Balaban J connectivity index is 1.44. The van der Waals surface area contributed by atoms with Crippen molar-refractivity contribution in [2.45, 2.75) is 12.8 Å². The predicted molar refractivity (Wildman–Crippen MR) is 121 cm³/mol. The molecule has 0 aromatic heterocycles. The number of hydrogen-bond acceptors (Lipinski definition) is 5. The molecule has 1 aliphatic carbocycles. The van der Waals surface area contributed by atoms with Gasteiger partial charge in [-0.15, -0.1) is 0 Å². The predicted octanol–water partition coefficient (Wildman–Crippen LogP) is 2.39. The number of anilines is 1. The van der Waals surface area contributed by atoms with Crippen LogP contribution in [0.2, 0.25) is 0 Å². The summed E-state index contributed by atoms with van der Waals surface area (Å²) >= 11 is 5.01. The number of hydrogen-bond donors (Lipinski definition) is 4. The average molecular weight is 439 g/mol. The molecule has 31 heavy (non-hydrogen) atoms. The van der Waals surface area contributed by atoms with Crippen molar-refractivity contribution in [2.75, 3.05) is 12.4 Å². The van der Waals surface area contributed by atoms with E-state index in [1.807, 2.05) is 18.2 Å². The van der Waals surface area contributed by atoms with Gasteiger partial charge >= 0.3 is 0 Å². The van der Waals surface area contributed by atoms with E-state index in [1.54, 1.807) is 43.5 Å². The smallest absolute Gasteiger partial charge is 0.269 e. The number of para-hydroxylation sites is 1. The summed E-state index contributed by atoms with van der Waals surface area (Å²) in [6.07, 6.45) is 4.75. The number of amides is 3. The molecule has 3 amide bonds. The largest absolute Gasteiger partial charge is 0.496 e. The van der Waals surface area contributed by atoms with E-state index in [1.165, 1.54) is 6.08 Å². The minimum Gasteiger partial charge on any atom is -0.496 e. The van der Waals surface area contributed by atoms with E-state index in [4.69, 9.17) is 17.0 Å². The van der Waals surface area contributed by atoms with Crippen molar-refractivity contribution < 1.29 is 19.1 Å². The third-order valence-electron chi connectivity index (χ3n) is 4.44. The van der Waals surface area contributed by atoms with Crippen LogP contribution >= 0.6 is 12.2 Å². The Kier molecular flexibility index (Phi) is 7.34. The molecule has 1 fully saturated rings. The lowest BCUT2D eigenvalue weighted by Crippen LogP contribution is -2.48. The van der Waals surface area contributed by atoms with Gasteiger partial charge in [0.05, 0.1) is 7.11 Å². The zero-order valence-electron chi connectivity index (χ0n) is 16.8. The molecule has 0 aliphatic heterocycles. The fourth-order valence-corrected chi connectivity index (χ4v) is 2.79. The summed E-state index contributed by atoms with van der Waals surface area (Å²) < 4.78 is 5.22. The van der Waals surface area contributed by atoms with Crippen LogP contribution in [0, 0.1) is 5.92 Å². The molecule has 1 saturated carbocycles. The molecule has 0 unspecified atom stereocenters. The third-order valence-corrected chi connectivity index (χ3v) is 4.65. The molecule has 2 aromatic carbocycles. The zero-order chi connectivity index (χ0) is 22.2. The van der Waals surface area contributed by atoms with E-state index in [-0.39, 0.29) is 16.9 Å². The van der Waals surface area contributed by atoms with E-state index in [9.17, 15) is 14.4 Å². The number of hydrazine groups is 1. The van der Waals surface area contributed by atoms with Crippen LogP contribution in [0.3, 0.4) is 0 Å². The van der Waals surface area contributed by atoms with Gasteiger partial charge in [0, 0.05) is 28.8 Å². The fourth-order valence-electron chi connectivity index (χ4n) is 2.63. The van der Waals surface area contributed by atoms with Crippen LogP contribution in [0.15, 0.2) is 54.6 Å². The summed E-state index contributed by atoms with van der Waals surface area (Å²) in [5.41, 5.74) is 6.62. The molecule has 0 radical (unpaired) electrons. The molecule has 0 spiro atoms. The first-order valence-corrected chi connectivity index (χ1v) is 10.0. The summed E-state index contributed by atoms with van der Waals surface area (Å²) in [5.74, 6) is -0.167. The van der Waals surface area contributed by atoms with E-state index in [2.05, 4.69) is 21.5 Å². The molecule has 0 saturated heterocycles. The first-order valence-electron chi connectivity index (χ1n) is 9.59. The minimum atomic E-state index is -0.464. The summed E-state index contributed by atoms with van der Waals surface area (Å²) in [7, 11) is 1.55. The van der Waals surface area contributed by atoms with Gasteiger partial charge in [-0.1, -0.05) is 18.2 Å². The SMILES string of the molecule is COc1ccccc1C=CC(=O)NC(=S)NNC(=O)c1ccc(NC(=O)C2CC2)cc1. The van der Waals surface area contributed by atoms with Crippen molar-refractivity contribution in [1.29, 1.82) is 0 Å². The molecule has 8 nitrogen and oxygen atoms in total. The van der Waals surface area contributed by atoms with Gasteiger partial charge in [0.2, 0.25) is 11.8 Å². The van der Waals surface area contributed by atoms with Crippen LogP contribution in [-0.4, -0.2) is 29.9 Å². The van der Waals surface area contributed by atoms with Gasteiger partial charge in [-0.05, 0) is 61.5 Å². The Morgan fingerprint density at radius 2 is 1.74 bits per heavy atom. The van der Waals surface area contributed by atoms with E-state index >= 15 is 0 Å². The maximum absolute atomic E-state index is 12.2. The number of carbonyl (C=O) groups excluding carboxylic acids is 3. The summed E-state index contributed by atoms with van der Waals surface area (Å²) in [6.45, 7) is 0. The number of benzene rings is 2. The van der Waals surface area contributed by atoms with Crippen LogP contribution < -0.4 is 26.2 Å². The van der Waals surface area contributed by atoms with Crippen molar-refractivity contribution in [2.24, 2.45) is 5.92 Å². The highest BCUT2D eigenvalue weighted by atomic mass is 32.1. The summed E-state index contributed by atoms with van der Waals surface area (Å²) in [6, 6.07) is 13.7. The average Bonchev–Trinajstić information content (AvgIpc) is 3.62. The van der Waals surface area contributed by atoms with Crippen molar-refractivity contribution in [3.05, 3.63) is 65.7 Å². The van der Waals surface area contributed by atoms with Crippen LogP contribution in [0.5, 0.6) is 5.75 Å². The Hall–Kier alpha value is -3.72. The highest BCUT2D eigenvalue weighted by Gasteiger charge is 2.29. The van der Waals surface area contributed by atoms with E-state index < -0.39 is 11.8 Å². The third kappa shape index (κ3) is 6.65. The molecule has 0 atom stereocenters. The summed E-state index contributed by atoms with van der Waals surface area (Å²) in [4.78, 5) is 36.0. The van der Waals surface area contributed by atoms with E-state index in [0.29, 0.717) is 17.0 Å². The first kappa shape index (κ1) is 22.0. The molecule has 2 aromatic rings. The molecule has 160 valence electrons. The van der Waals surface area contributed by atoms with Crippen molar-refractivity contribution in [1.82, 2.24) is 16.2 Å². The maximum atomic E-state index is 12.2. The number of carbonyl (C=O) groups is 3. The van der Waals surface area contributed by atoms with Gasteiger partial charge in [0.25, 0.3) is 5.91 Å². The number of thiocarbonyl (C=S) groups is 1. The molecule has 3 rings (SSSR count). The Morgan fingerprint density at radius 3 is 2.42 bits per heavy atom. The van der Waals surface area contributed by atoms with Gasteiger partial charge < -0.3 is 10.1 Å². The maximum Gasteiger partial charge on any atom is 0.269 e. The van der Waals surface area contributed by atoms with Crippen LogP contribution in [0.25, 0.3) is 6.08 Å². The highest BCUT2D eigenvalue weighted by Crippen LogP contribution is 2.30. The molecule has 1 aliphatic rings. The highest BCUT2D eigenvalue weighted by molar-refractivity contribution is 7.80. The number of ether oxygens (including phenoxy) is 1. The second-order valence-corrected chi connectivity index (χ2v) is 7.22. The monoisotopic (exact) mass is 438 g/mol. The fraction of sp³-hybridized carbons (Fsp3) is 0.182. The van der Waals surface area contributed by atoms with Gasteiger partial charge in [-0.2, -0.15) is 0 Å².